The van der Waals surface area contributed by atoms with Gasteiger partial charge in [-0.25, -0.2) is 4.79 Å². The van der Waals surface area contributed by atoms with E-state index in [1.165, 1.54) is 0 Å². The SMILES string of the molecule is O=C(CN1C(=O)N[C@@]2(CCOc3ccccc32)C1=O)NCCc1ccccc1. The molecule has 1 fully saturated rings. The predicted molar refractivity (Wildman–Crippen MR) is 102 cm³/mol. The molecule has 2 heterocycles. The lowest BCUT2D eigenvalue weighted by atomic mass is 9.84. The van der Waals surface area contributed by atoms with E-state index in [2.05, 4.69) is 10.6 Å². The number of hydrogen-bond acceptors (Lipinski definition) is 4. The van der Waals surface area contributed by atoms with Crippen molar-refractivity contribution in [3.63, 3.8) is 0 Å². The van der Waals surface area contributed by atoms with Crippen molar-refractivity contribution in [2.24, 2.45) is 0 Å². The van der Waals surface area contributed by atoms with Crippen LogP contribution in [0.1, 0.15) is 17.5 Å². The number of ether oxygens (including phenoxy) is 1. The minimum atomic E-state index is -1.16. The van der Waals surface area contributed by atoms with Crippen LogP contribution in [0.5, 0.6) is 5.75 Å². The van der Waals surface area contributed by atoms with Crippen LogP contribution in [0.15, 0.2) is 54.6 Å². The van der Waals surface area contributed by atoms with Crippen molar-refractivity contribution >= 4 is 17.8 Å². The van der Waals surface area contributed by atoms with Gasteiger partial charge in [-0.05, 0) is 18.1 Å². The van der Waals surface area contributed by atoms with Crippen LogP contribution >= 0.6 is 0 Å². The number of fused-ring (bicyclic) bond motifs is 2. The number of hydrogen-bond donors (Lipinski definition) is 2. The van der Waals surface area contributed by atoms with Crippen LogP contribution in [0, 0.1) is 0 Å². The summed E-state index contributed by atoms with van der Waals surface area (Å²) in [6.45, 7) is 0.457. The van der Waals surface area contributed by atoms with E-state index in [0.29, 0.717) is 37.3 Å². The van der Waals surface area contributed by atoms with Gasteiger partial charge in [0.15, 0.2) is 5.54 Å². The Morgan fingerprint density at radius 1 is 1.11 bits per heavy atom. The highest BCUT2D eigenvalue weighted by molar-refractivity contribution is 6.09. The van der Waals surface area contributed by atoms with Gasteiger partial charge in [-0.15, -0.1) is 0 Å². The molecule has 2 aromatic carbocycles. The summed E-state index contributed by atoms with van der Waals surface area (Å²) in [5, 5.41) is 5.56. The first-order valence-electron chi connectivity index (χ1n) is 9.27. The zero-order valence-corrected chi connectivity index (χ0v) is 15.3. The Morgan fingerprint density at radius 3 is 2.68 bits per heavy atom. The Hall–Kier alpha value is -3.35. The van der Waals surface area contributed by atoms with Gasteiger partial charge in [-0.2, -0.15) is 0 Å². The third kappa shape index (κ3) is 3.19. The molecular formula is C21H21N3O4. The summed E-state index contributed by atoms with van der Waals surface area (Å²) in [5.74, 6) is -0.195. The van der Waals surface area contributed by atoms with E-state index in [9.17, 15) is 14.4 Å². The highest BCUT2D eigenvalue weighted by Crippen LogP contribution is 2.40. The maximum Gasteiger partial charge on any atom is 0.325 e. The van der Waals surface area contributed by atoms with Gasteiger partial charge in [0.05, 0.1) is 6.61 Å². The lowest BCUT2D eigenvalue weighted by Gasteiger charge is -2.33. The van der Waals surface area contributed by atoms with E-state index in [4.69, 9.17) is 4.74 Å². The minimum absolute atomic E-state index is 0.301. The topological polar surface area (TPSA) is 87.7 Å². The van der Waals surface area contributed by atoms with Crippen LogP contribution in [0.4, 0.5) is 4.79 Å². The molecule has 7 heteroatoms. The zero-order chi connectivity index (χ0) is 19.6. The molecule has 0 bridgehead atoms. The maximum absolute atomic E-state index is 13.1. The second-order valence-electron chi connectivity index (χ2n) is 6.91. The summed E-state index contributed by atoms with van der Waals surface area (Å²) in [5.41, 5.74) is 0.582. The molecule has 2 aromatic rings. The molecule has 1 spiro atoms. The van der Waals surface area contributed by atoms with Gasteiger partial charge >= 0.3 is 6.03 Å². The van der Waals surface area contributed by atoms with Gasteiger partial charge in [0, 0.05) is 18.5 Å². The number of urea groups is 1. The number of amides is 4. The highest BCUT2D eigenvalue weighted by Gasteiger charge is 2.55. The normalized spacial score (nSPS) is 20.5. The first-order valence-corrected chi connectivity index (χ1v) is 9.27. The van der Waals surface area contributed by atoms with Gasteiger partial charge in [0.2, 0.25) is 5.91 Å². The number of benzene rings is 2. The first-order chi connectivity index (χ1) is 13.6. The van der Waals surface area contributed by atoms with Crippen LogP contribution in [0.25, 0.3) is 0 Å². The fourth-order valence-corrected chi connectivity index (χ4v) is 3.71. The van der Waals surface area contributed by atoms with E-state index < -0.39 is 17.5 Å². The van der Waals surface area contributed by atoms with Gasteiger partial charge in [0.25, 0.3) is 5.91 Å². The van der Waals surface area contributed by atoms with Gasteiger partial charge in [-0.1, -0.05) is 48.5 Å². The fourth-order valence-electron chi connectivity index (χ4n) is 3.71. The van der Waals surface area contributed by atoms with E-state index in [1.54, 1.807) is 18.2 Å². The molecular weight excluding hydrogens is 358 g/mol. The number of nitrogens with zero attached hydrogens (tertiary/aromatic N) is 1. The number of para-hydroxylation sites is 1. The van der Waals surface area contributed by atoms with Gasteiger partial charge in [0.1, 0.15) is 12.3 Å². The number of rotatable bonds is 5. The van der Waals surface area contributed by atoms with Crippen molar-refractivity contribution in [3.05, 3.63) is 65.7 Å². The lowest BCUT2D eigenvalue weighted by Crippen LogP contribution is -2.48. The van der Waals surface area contributed by atoms with Crippen molar-refractivity contribution in [3.8, 4) is 5.75 Å². The van der Waals surface area contributed by atoms with E-state index in [-0.39, 0.29) is 12.5 Å². The number of carbonyl (C=O) groups is 3. The quantitative estimate of drug-likeness (QED) is 0.772. The van der Waals surface area contributed by atoms with Crippen LogP contribution in [0.3, 0.4) is 0 Å². The van der Waals surface area contributed by atoms with Crippen molar-refractivity contribution in [1.82, 2.24) is 15.5 Å². The Balaban J connectivity index is 1.42. The number of nitrogens with one attached hydrogen (secondary N) is 2. The van der Waals surface area contributed by atoms with Crippen molar-refractivity contribution < 1.29 is 19.1 Å². The molecule has 28 heavy (non-hydrogen) atoms. The number of carbonyl (C=O) groups excluding carboxylic acids is 3. The minimum Gasteiger partial charge on any atom is -0.493 e. The van der Waals surface area contributed by atoms with Crippen LogP contribution in [0.2, 0.25) is 0 Å². The third-order valence-corrected chi connectivity index (χ3v) is 5.14. The Morgan fingerprint density at radius 2 is 1.86 bits per heavy atom. The molecule has 2 N–H and O–H groups in total. The van der Waals surface area contributed by atoms with Crippen molar-refractivity contribution in [2.75, 3.05) is 19.7 Å². The summed E-state index contributed by atoms with van der Waals surface area (Å²) in [6.07, 6.45) is 1.02. The lowest BCUT2D eigenvalue weighted by molar-refractivity contribution is -0.136. The van der Waals surface area contributed by atoms with Crippen LogP contribution < -0.4 is 15.4 Å². The van der Waals surface area contributed by atoms with E-state index in [1.807, 2.05) is 36.4 Å². The van der Waals surface area contributed by atoms with Gasteiger partial charge in [-0.3, -0.25) is 14.5 Å². The smallest absolute Gasteiger partial charge is 0.325 e. The molecule has 0 aromatic heterocycles. The second-order valence-corrected chi connectivity index (χ2v) is 6.91. The second kappa shape index (κ2) is 7.34. The molecule has 1 saturated heterocycles. The molecule has 144 valence electrons. The average molecular weight is 379 g/mol. The number of imide groups is 1. The van der Waals surface area contributed by atoms with Gasteiger partial charge < -0.3 is 15.4 Å². The first kappa shape index (κ1) is 18.0. The molecule has 0 aliphatic carbocycles. The Labute approximate surface area is 162 Å². The van der Waals surface area contributed by atoms with Crippen molar-refractivity contribution in [1.29, 1.82) is 0 Å². The Kier molecular flexibility index (Phi) is 4.73. The summed E-state index contributed by atoms with van der Waals surface area (Å²) in [6, 6.07) is 16.4. The summed E-state index contributed by atoms with van der Waals surface area (Å²) in [4.78, 5) is 38.8. The molecule has 4 rings (SSSR count). The summed E-state index contributed by atoms with van der Waals surface area (Å²) >= 11 is 0. The summed E-state index contributed by atoms with van der Waals surface area (Å²) < 4.78 is 5.60. The van der Waals surface area contributed by atoms with E-state index in [0.717, 1.165) is 10.5 Å². The molecule has 2 aliphatic rings. The highest BCUT2D eigenvalue weighted by atomic mass is 16.5. The molecule has 4 amide bonds. The van der Waals surface area contributed by atoms with Crippen LogP contribution in [-0.4, -0.2) is 42.4 Å². The zero-order valence-electron chi connectivity index (χ0n) is 15.3. The maximum atomic E-state index is 13.1. The molecule has 0 radical (unpaired) electrons. The molecule has 2 aliphatic heterocycles. The van der Waals surface area contributed by atoms with Crippen LogP contribution in [-0.2, 0) is 21.5 Å². The predicted octanol–water partition coefficient (Wildman–Crippen LogP) is 1.58. The fraction of sp³-hybridized carbons (Fsp3) is 0.286. The molecule has 0 saturated carbocycles. The average Bonchev–Trinajstić information content (AvgIpc) is 2.94. The Bertz CT molecular complexity index is 915. The van der Waals surface area contributed by atoms with E-state index >= 15 is 0 Å². The molecule has 0 unspecified atom stereocenters. The molecule has 1 atom stereocenters. The largest absolute Gasteiger partial charge is 0.493 e. The monoisotopic (exact) mass is 379 g/mol. The third-order valence-electron chi connectivity index (χ3n) is 5.14. The summed E-state index contributed by atoms with van der Waals surface area (Å²) in [7, 11) is 0. The molecule has 7 nitrogen and oxygen atoms in total. The standard InChI is InChI=1S/C21H21N3O4/c25-18(22-12-10-15-6-2-1-3-7-15)14-24-19(26)21(23-20(24)27)11-13-28-17-9-5-4-8-16(17)21/h1-9H,10-14H2,(H,22,25)(H,23,27)/t21-/m1/s1. The van der Waals surface area contributed by atoms with Crippen molar-refractivity contribution in [2.45, 2.75) is 18.4 Å².